The smallest absolute Gasteiger partial charge is 0.178 e. The zero-order valence-corrected chi connectivity index (χ0v) is 22.4. The molecule has 0 heterocycles. The van der Waals surface area contributed by atoms with Gasteiger partial charge in [-0.15, -0.1) is 0 Å². The number of carbonyl (C=O) groups excluding carboxylic acids is 2. The third-order valence-corrected chi connectivity index (χ3v) is 11.7. The zero-order chi connectivity index (χ0) is 24.9. The second-order valence-corrected chi connectivity index (χ2v) is 14.6. The normalized spacial score (nSPS) is 47.0. The SMILES string of the molecule is CC1(C)CCCC2(C)CCC3C(C(=O)C=C4C5(C)C=C(C#N)C(=O)C(C)(C)C5CCC43C)C2C1. The van der Waals surface area contributed by atoms with E-state index in [1.807, 2.05) is 26.0 Å². The maximum Gasteiger partial charge on any atom is 0.178 e. The molecule has 0 aromatic carbocycles. The van der Waals surface area contributed by atoms with Crippen molar-refractivity contribution in [3.05, 3.63) is 23.3 Å². The van der Waals surface area contributed by atoms with E-state index in [4.69, 9.17) is 0 Å². The van der Waals surface area contributed by atoms with Crippen LogP contribution in [0, 0.1) is 62.1 Å². The number of hydrogen-bond donors (Lipinski definition) is 0. The van der Waals surface area contributed by atoms with Crippen LogP contribution in [0.25, 0.3) is 0 Å². The van der Waals surface area contributed by atoms with Crippen LogP contribution >= 0.6 is 0 Å². The van der Waals surface area contributed by atoms with Crippen LogP contribution < -0.4 is 0 Å². The molecule has 5 rings (SSSR count). The van der Waals surface area contributed by atoms with Gasteiger partial charge in [-0.3, -0.25) is 9.59 Å². The summed E-state index contributed by atoms with van der Waals surface area (Å²) < 4.78 is 0. The third kappa shape index (κ3) is 3.06. The fourth-order valence-electron chi connectivity index (χ4n) is 9.90. The first-order chi connectivity index (χ1) is 15.7. The van der Waals surface area contributed by atoms with Gasteiger partial charge in [-0.05, 0) is 85.0 Å². The Balaban J connectivity index is 1.65. The van der Waals surface area contributed by atoms with Gasteiger partial charge >= 0.3 is 0 Å². The molecule has 7 atom stereocenters. The van der Waals surface area contributed by atoms with Crippen LogP contribution in [-0.2, 0) is 9.59 Å². The number of ketones is 2. The first kappa shape index (κ1) is 24.0. The molecule has 0 aromatic rings. The topological polar surface area (TPSA) is 57.9 Å². The average molecular weight is 462 g/mol. The minimum atomic E-state index is -0.590. The maximum atomic E-state index is 14.1. The monoisotopic (exact) mass is 461 g/mol. The largest absolute Gasteiger partial charge is 0.295 e. The van der Waals surface area contributed by atoms with Crippen molar-refractivity contribution in [2.75, 3.05) is 0 Å². The summed E-state index contributed by atoms with van der Waals surface area (Å²) in [6.07, 6.45) is 13.2. The number of nitriles is 1. The minimum Gasteiger partial charge on any atom is -0.295 e. The Morgan fingerprint density at radius 2 is 1.62 bits per heavy atom. The second-order valence-electron chi connectivity index (χ2n) is 14.6. The van der Waals surface area contributed by atoms with E-state index in [1.165, 1.54) is 31.3 Å². The van der Waals surface area contributed by atoms with Gasteiger partial charge in [0.05, 0.1) is 5.57 Å². The van der Waals surface area contributed by atoms with Crippen LogP contribution in [0.3, 0.4) is 0 Å². The van der Waals surface area contributed by atoms with Crippen molar-refractivity contribution in [1.29, 1.82) is 5.26 Å². The lowest BCUT2D eigenvalue weighted by Gasteiger charge is -2.63. The van der Waals surface area contributed by atoms with Gasteiger partial charge in [0, 0.05) is 16.7 Å². The Kier molecular flexibility index (Phi) is 5.07. The first-order valence-corrected chi connectivity index (χ1v) is 13.6. The lowest BCUT2D eigenvalue weighted by Crippen LogP contribution is -2.59. The van der Waals surface area contributed by atoms with E-state index in [0.29, 0.717) is 17.6 Å². The number of allylic oxidation sites excluding steroid dienone is 4. The van der Waals surface area contributed by atoms with E-state index < -0.39 is 10.8 Å². The number of fused-ring (bicyclic) bond motifs is 7. The van der Waals surface area contributed by atoms with Gasteiger partial charge in [0.1, 0.15) is 6.07 Å². The number of Topliss-reactive ketones (excluding diaryl/α,β-unsaturated/α-hetero) is 1. The van der Waals surface area contributed by atoms with Crippen LogP contribution in [-0.4, -0.2) is 11.6 Å². The number of nitrogens with zero attached hydrogens (tertiary/aromatic N) is 1. The molecule has 3 fully saturated rings. The van der Waals surface area contributed by atoms with Crippen molar-refractivity contribution in [1.82, 2.24) is 0 Å². The standard InChI is InChI=1S/C31H43NO2/c1-27(2)11-8-12-29(5)13-9-20-25(21(29)17-27)22(33)15-24-30(20,6)14-10-23-28(3,4)26(34)19(18-32)16-31(23,24)7/h15-16,20-21,23,25H,8-14,17H2,1-7H3. The molecule has 0 amide bonds. The number of carbonyl (C=O) groups is 2. The lowest BCUT2D eigenvalue weighted by atomic mass is 9.39. The van der Waals surface area contributed by atoms with Gasteiger partial charge in [0.15, 0.2) is 11.6 Å². The minimum absolute atomic E-state index is 0.0317. The van der Waals surface area contributed by atoms with E-state index in [9.17, 15) is 14.9 Å². The highest BCUT2D eigenvalue weighted by Crippen LogP contribution is 2.69. The number of rotatable bonds is 0. The summed E-state index contributed by atoms with van der Waals surface area (Å²) in [6, 6.07) is 2.20. The Morgan fingerprint density at radius 1 is 0.912 bits per heavy atom. The molecule has 5 aliphatic rings. The predicted octanol–water partition coefficient (Wildman–Crippen LogP) is 7.23. The summed E-state index contributed by atoms with van der Waals surface area (Å²) in [6.45, 7) is 15.9. The Bertz CT molecular complexity index is 1050. The molecule has 7 unspecified atom stereocenters. The van der Waals surface area contributed by atoms with Gasteiger partial charge in [-0.25, -0.2) is 0 Å². The van der Waals surface area contributed by atoms with Crippen molar-refractivity contribution in [2.45, 2.75) is 99.8 Å². The molecule has 0 saturated heterocycles. The Labute approximate surface area is 206 Å². The lowest BCUT2D eigenvalue weighted by molar-refractivity contribution is -0.141. The van der Waals surface area contributed by atoms with Crippen molar-refractivity contribution in [2.24, 2.45) is 50.7 Å². The van der Waals surface area contributed by atoms with Gasteiger partial charge in [-0.2, -0.15) is 5.26 Å². The van der Waals surface area contributed by atoms with Crippen LogP contribution in [0.1, 0.15) is 99.8 Å². The molecule has 0 N–H and O–H groups in total. The van der Waals surface area contributed by atoms with E-state index >= 15 is 0 Å². The Hall–Kier alpha value is -1.69. The average Bonchev–Trinajstić information content (AvgIpc) is 2.86. The Morgan fingerprint density at radius 3 is 2.29 bits per heavy atom. The van der Waals surface area contributed by atoms with Crippen molar-refractivity contribution < 1.29 is 9.59 Å². The molecule has 3 saturated carbocycles. The molecular formula is C31H43NO2. The van der Waals surface area contributed by atoms with Crippen LogP contribution in [0.5, 0.6) is 0 Å². The molecule has 0 spiro atoms. The van der Waals surface area contributed by atoms with Crippen LogP contribution in [0.2, 0.25) is 0 Å². The molecule has 0 aliphatic heterocycles. The summed E-state index contributed by atoms with van der Waals surface area (Å²) >= 11 is 0. The van der Waals surface area contributed by atoms with Crippen LogP contribution in [0.4, 0.5) is 0 Å². The quantitative estimate of drug-likeness (QED) is 0.382. The van der Waals surface area contributed by atoms with Crippen molar-refractivity contribution in [3.63, 3.8) is 0 Å². The highest BCUT2D eigenvalue weighted by Gasteiger charge is 2.64. The van der Waals surface area contributed by atoms with Crippen molar-refractivity contribution >= 4 is 11.6 Å². The predicted molar refractivity (Wildman–Crippen MR) is 135 cm³/mol. The molecule has 0 aromatic heterocycles. The van der Waals surface area contributed by atoms with E-state index in [-0.39, 0.29) is 39.4 Å². The van der Waals surface area contributed by atoms with Gasteiger partial charge < -0.3 is 0 Å². The fourth-order valence-corrected chi connectivity index (χ4v) is 9.90. The first-order valence-electron chi connectivity index (χ1n) is 13.6. The maximum absolute atomic E-state index is 14.1. The summed E-state index contributed by atoms with van der Waals surface area (Å²) in [5.74, 6) is 1.35. The molecular weight excluding hydrogens is 418 g/mol. The third-order valence-electron chi connectivity index (χ3n) is 11.7. The van der Waals surface area contributed by atoms with Gasteiger partial charge in [0.25, 0.3) is 0 Å². The van der Waals surface area contributed by atoms with Crippen LogP contribution in [0.15, 0.2) is 23.3 Å². The van der Waals surface area contributed by atoms with E-state index in [0.717, 1.165) is 25.7 Å². The summed E-state index contributed by atoms with van der Waals surface area (Å²) in [5, 5.41) is 9.81. The summed E-state index contributed by atoms with van der Waals surface area (Å²) in [5.41, 5.74) is 0.997. The summed E-state index contributed by atoms with van der Waals surface area (Å²) in [7, 11) is 0. The molecule has 34 heavy (non-hydrogen) atoms. The molecule has 0 bridgehead atoms. The zero-order valence-electron chi connectivity index (χ0n) is 22.4. The second kappa shape index (κ2) is 7.18. The molecule has 3 heteroatoms. The summed E-state index contributed by atoms with van der Waals surface area (Å²) in [4.78, 5) is 27.2. The highest BCUT2D eigenvalue weighted by atomic mass is 16.1. The number of hydrogen-bond acceptors (Lipinski definition) is 3. The van der Waals surface area contributed by atoms with Gasteiger partial charge in [-0.1, -0.05) is 66.5 Å². The molecule has 0 radical (unpaired) electrons. The van der Waals surface area contributed by atoms with E-state index in [2.05, 4.69) is 40.7 Å². The molecule has 5 aliphatic carbocycles. The fraction of sp³-hybridized carbons (Fsp3) is 0.774. The molecule has 184 valence electrons. The van der Waals surface area contributed by atoms with Crippen molar-refractivity contribution in [3.8, 4) is 6.07 Å². The van der Waals surface area contributed by atoms with E-state index in [1.54, 1.807) is 0 Å². The van der Waals surface area contributed by atoms with Gasteiger partial charge in [0.2, 0.25) is 0 Å². The molecule has 3 nitrogen and oxygen atoms in total. The highest BCUT2D eigenvalue weighted by molar-refractivity contribution is 6.04.